The average Bonchev–Trinajstić information content (AvgIpc) is 3.25. The minimum Gasteiger partial charge on any atom is -0.334 e. The van der Waals surface area contributed by atoms with Gasteiger partial charge in [-0.15, -0.1) is 23.1 Å². The number of hydrogen-bond acceptors (Lipinski definition) is 4. The number of carbonyl (C=O) groups excluding carboxylic acids is 2. The van der Waals surface area contributed by atoms with E-state index >= 15 is 0 Å². The van der Waals surface area contributed by atoms with Gasteiger partial charge < -0.3 is 9.80 Å². The topological polar surface area (TPSA) is 40.6 Å². The van der Waals surface area contributed by atoms with Crippen molar-refractivity contribution in [2.24, 2.45) is 0 Å². The second-order valence-corrected chi connectivity index (χ2v) is 8.39. The molecule has 0 aliphatic carbocycles. The summed E-state index contributed by atoms with van der Waals surface area (Å²) in [4.78, 5) is 29.3. The first-order valence-corrected chi connectivity index (χ1v) is 10.4. The summed E-state index contributed by atoms with van der Waals surface area (Å²) in [5.74, 6) is 0.0778. The van der Waals surface area contributed by atoms with Crippen LogP contribution in [0.15, 0.2) is 41.8 Å². The molecule has 1 saturated heterocycles. The van der Waals surface area contributed by atoms with Crippen molar-refractivity contribution in [2.45, 2.75) is 25.3 Å². The van der Waals surface area contributed by atoms with Crippen LogP contribution in [0.4, 0.5) is 4.39 Å². The molecule has 1 atom stereocenters. The van der Waals surface area contributed by atoms with E-state index in [0.717, 1.165) is 5.56 Å². The first kappa shape index (κ1) is 18.9. The molecule has 7 heteroatoms. The molecule has 0 saturated carbocycles. The van der Waals surface area contributed by atoms with Crippen molar-refractivity contribution in [3.8, 4) is 0 Å². The Morgan fingerprint density at radius 2 is 2.15 bits per heavy atom. The van der Waals surface area contributed by atoms with Crippen molar-refractivity contribution in [3.63, 3.8) is 0 Å². The number of thiophene rings is 1. The van der Waals surface area contributed by atoms with Crippen LogP contribution in [0.5, 0.6) is 0 Å². The highest BCUT2D eigenvalue weighted by molar-refractivity contribution is 8.00. The standard InChI is InChI=1S/C19H21FN2O2S2/c1-13(2)21(18(24)16-7-4-10-25-16)8-9-22-17(23)12-26-19(22)14-5-3-6-15(20)11-14/h3-7,10-11,13,19H,8-9,12H2,1-2H3/t19-/m0/s1. The summed E-state index contributed by atoms with van der Waals surface area (Å²) in [6.45, 7) is 4.82. The van der Waals surface area contributed by atoms with Gasteiger partial charge in [0.2, 0.25) is 5.91 Å². The van der Waals surface area contributed by atoms with Crippen molar-refractivity contribution in [1.29, 1.82) is 0 Å². The van der Waals surface area contributed by atoms with Crippen LogP contribution in [0.2, 0.25) is 0 Å². The highest BCUT2D eigenvalue weighted by Crippen LogP contribution is 2.38. The number of hydrogen-bond donors (Lipinski definition) is 0. The Labute approximate surface area is 161 Å². The molecule has 0 spiro atoms. The van der Waals surface area contributed by atoms with E-state index in [1.165, 1.54) is 35.2 Å². The Morgan fingerprint density at radius 3 is 2.81 bits per heavy atom. The summed E-state index contributed by atoms with van der Waals surface area (Å²) in [6.07, 6.45) is 0. The van der Waals surface area contributed by atoms with Crippen molar-refractivity contribution in [2.75, 3.05) is 18.8 Å². The molecule has 1 aromatic carbocycles. The van der Waals surface area contributed by atoms with Gasteiger partial charge in [0.1, 0.15) is 11.2 Å². The molecule has 26 heavy (non-hydrogen) atoms. The van der Waals surface area contributed by atoms with Crippen molar-refractivity contribution in [1.82, 2.24) is 9.80 Å². The Bertz CT molecular complexity index is 780. The summed E-state index contributed by atoms with van der Waals surface area (Å²) in [5.41, 5.74) is 0.779. The van der Waals surface area contributed by atoms with Gasteiger partial charge in [0.15, 0.2) is 0 Å². The molecule has 1 aliphatic heterocycles. The molecule has 138 valence electrons. The summed E-state index contributed by atoms with van der Waals surface area (Å²) >= 11 is 2.91. The predicted octanol–water partition coefficient (Wildman–Crippen LogP) is 4.01. The zero-order valence-electron chi connectivity index (χ0n) is 14.7. The van der Waals surface area contributed by atoms with Gasteiger partial charge in [-0.05, 0) is 43.0 Å². The van der Waals surface area contributed by atoms with E-state index in [9.17, 15) is 14.0 Å². The summed E-state index contributed by atoms with van der Waals surface area (Å²) in [7, 11) is 0. The quantitative estimate of drug-likeness (QED) is 0.746. The molecule has 2 amide bonds. The number of nitrogens with zero attached hydrogens (tertiary/aromatic N) is 2. The van der Waals surface area contributed by atoms with Crippen LogP contribution < -0.4 is 0 Å². The molecule has 2 heterocycles. The second kappa shape index (κ2) is 8.22. The number of benzene rings is 1. The molecule has 4 nitrogen and oxygen atoms in total. The molecule has 2 aromatic rings. The smallest absolute Gasteiger partial charge is 0.264 e. The third-order valence-electron chi connectivity index (χ3n) is 4.30. The molecule has 1 fully saturated rings. The first-order chi connectivity index (χ1) is 12.5. The van der Waals surface area contributed by atoms with Gasteiger partial charge in [-0.25, -0.2) is 4.39 Å². The predicted molar refractivity (Wildman–Crippen MR) is 104 cm³/mol. The largest absolute Gasteiger partial charge is 0.334 e. The zero-order valence-corrected chi connectivity index (χ0v) is 16.4. The summed E-state index contributed by atoms with van der Waals surface area (Å²) in [6, 6.07) is 10.1. The van der Waals surface area contributed by atoms with E-state index in [0.29, 0.717) is 23.7 Å². The van der Waals surface area contributed by atoms with Crippen LogP contribution in [0.25, 0.3) is 0 Å². The third kappa shape index (κ3) is 4.10. The Hall–Kier alpha value is -1.86. The maximum Gasteiger partial charge on any atom is 0.264 e. The normalized spacial score (nSPS) is 17.2. The fourth-order valence-electron chi connectivity index (χ4n) is 2.98. The van der Waals surface area contributed by atoms with E-state index in [-0.39, 0.29) is 29.0 Å². The van der Waals surface area contributed by atoms with Crippen molar-refractivity contribution >= 4 is 34.9 Å². The fourth-order valence-corrected chi connectivity index (χ4v) is 4.87. The van der Waals surface area contributed by atoms with E-state index in [4.69, 9.17) is 0 Å². The molecule has 0 unspecified atom stereocenters. The van der Waals surface area contributed by atoms with E-state index in [1.54, 1.807) is 15.9 Å². The van der Waals surface area contributed by atoms with Crippen molar-refractivity contribution in [3.05, 3.63) is 58.0 Å². The Kier molecular flexibility index (Phi) is 5.98. The van der Waals surface area contributed by atoms with Crippen LogP contribution in [-0.2, 0) is 4.79 Å². The Balaban J connectivity index is 1.73. The van der Waals surface area contributed by atoms with Gasteiger partial charge in [-0.2, -0.15) is 0 Å². The van der Waals surface area contributed by atoms with E-state index in [1.807, 2.05) is 37.4 Å². The lowest BCUT2D eigenvalue weighted by Gasteiger charge is -2.31. The minimum atomic E-state index is -0.306. The molecule has 0 N–H and O–H groups in total. The number of thioether (sulfide) groups is 1. The lowest BCUT2D eigenvalue weighted by Crippen LogP contribution is -2.43. The number of carbonyl (C=O) groups is 2. The van der Waals surface area contributed by atoms with Crippen LogP contribution in [0.1, 0.15) is 34.5 Å². The molecule has 0 radical (unpaired) electrons. The lowest BCUT2D eigenvalue weighted by molar-refractivity contribution is -0.128. The van der Waals surface area contributed by atoms with Gasteiger partial charge >= 0.3 is 0 Å². The van der Waals surface area contributed by atoms with Crippen LogP contribution >= 0.6 is 23.1 Å². The summed E-state index contributed by atoms with van der Waals surface area (Å²) in [5, 5.41) is 1.68. The van der Waals surface area contributed by atoms with Gasteiger partial charge in [0.25, 0.3) is 5.91 Å². The molecule has 1 aliphatic rings. The van der Waals surface area contributed by atoms with E-state index < -0.39 is 0 Å². The Morgan fingerprint density at radius 1 is 1.35 bits per heavy atom. The monoisotopic (exact) mass is 392 g/mol. The maximum atomic E-state index is 13.6. The first-order valence-electron chi connectivity index (χ1n) is 8.48. The van der Waals surface area contributed by atoms with E-state index in [2.05, 4.69) is 0 Å². The SMILES string of the molecule is CC(C)N(CCN1C(=O)CS[C@H]1c1cccc(F)c1)C(=O)c1cccs1. The maximum absolute atomic E-state index is 13.6. The van der Waals surface area contributed by atoms with Crippen LogP contribution in [0.3, 0.4) is 0 Å². The zero-order chi connectivity index (χ0) is 18.7. The average molecular weight is 393 g/mol. The minimum absolute atomic E-state index is 0.0170. The fraction of sp³-hybridized carbons (Fsp3) is 0.368. The molecular weight excluding hydrogens is 371 g/mol. The third-order valence-corrected chi connectivity index (χ3v) is 6.41. The summed E-state index contributed by atoms with van der Waals surface area (Å²) < 4.78 is 13.6. The highest BCUT2D eigenvalue weighted by atomic mass is 32.2. The van der Waals surface area contributed by atoms with Crippen LogP contribution in [0, 0.1) is 5.82 Å². The van der Waals surface area contributed by atoms with Gasteiger partial charge in [0.05, 0.1) is 10.6 Å². The highest BCUT2D eigenvalue weighted by Gasteiger charge is 2.33. The second-order valence-electron chi connectivity index (χ2n) is 6.38. The van der Waals surface area contributed by atoms with Crippen molar-refractivity contribution < 1.29 is 14.0 Å². The molecular formula is C19H21FN2O2S2. The number of rotatable bonds is 6. The van der Waals surface area contributed by atoms with Gasteiger partial charge in [-0.1, -0.05) is 18.2 Å². The lowest BCUT2D eigenvalue weighted by atomic mass is 10.2. The molecule has 0 bridgehead atoms. The van der Waals surface area contributed by atoms with Gasteiger partial charge in [0, 0.05) is 19.1 Å². The number of halogens is 1. The van der Waals surface area contributed by atoms with Gasteiger partial charge in [-0.3, -0.25) is 9.59 Å². The number of amides is 2. The molecule has 3 rings (SSSR count). The van der Waals surface area contributed by atoms with Crippen LogP contribution in [-0.4, -0.2) is 46.5 Å². The molecule has 1 aromatic heterocycles.